The van der Waals surface area contributed by atoms with Gasteiger partial charge in [-0.25, -0.2) is 0 Å². The topological polar surface area (TPSA) is 81.8 Å². The molecule has 0 aliphatic carbocycles. The van der Waals surface area contributed by atoms with Crippen LogP contribution >= 0.6 is 0 Å². The fourth-order valence-electron chi connectivity index (χ4n) is 5.35. The van der Waals surface area contributed by atoms with E-state index in [-0.39, 0.29) is 24.1 Å². The molecule has 2 unspecified atom stereocenters. The summed E-state index contributed by atoms with van der Waals surface area (Å²) in [6.07, 6.45) is 4.47. The maximum Gasteiger partial charge on any atom is 0.255 e. The highest BCUT2D eigenvalue weighted by Crippen LogP contribution is 2.33. The number of likely N-dealkylation sites (tertiary alicyclic amines) is 1. The van der Waals surface area contributed by atoms with Crippen molar-refractivity contribution in [1.82, 2.24) is 20.4 Å². The summed E-state index contributed by atoms with van der Waals surface area (Å²) in [4.78, 5) is 41.1. The molecule has 3 fully saturated rings. The van der Waals surface area contributed by atoms with Gasteiger partial charge in [-0.3, -0.25) is 24.6 Å². The Morgan fingerprint density at radius 2 is 1.93 bits per heavy atom. The van der Waals surface area contributed by atoms with Crippen molar-refractivity contribution < 1.29 is 14.4 Å². The number of amides is 3. The fourth-order valence-corrected chi connectivity index (χ4v) is 5.35. The van der Waals surface area contributed by atoms with E-state index in [0.717, 1.165) is 37.7 Å². The Kier molecular flexibility index (Phi) is 4.87. The second-order valence-electron chi connectivity index (χ2n) is 8.80. The number of nitrogens with zero attached hydrogens (tertiary/aromatic N) is 2. The number of hydrogen-bond donors (Lipinski definition) is 2. The minimum absolute atomic E-state index is 0.0882. The molecule has 2 atom stereocenters. The predicted octanol–water partition coefficient (Wildman–Crippen LogP) is 1.02. The molecule has 7 nitrogen and oxygen atoms in total. The lowest BCUT2D eigenvalue weighted by Crippen LogP contribution is -2.55. The summed E-state index contributed by atoms with van der Waals surface area (Å²) in [7, 11) is 0. The van der Waals surface area contributed by atoms with Crippen molar-refractivity contribution in [2.75, 3.05) is 19.6 Å². The molecule has 1 aromatic rings. The van der Waals surface area contributed by atoms with E-state index in [1.807, 2.05) is 12.1 Å². The third-order valence-electron chi connectivity index (χ3n) is 7.07. The number of carbonyl (C=O) groups excluding carboxylic acids is 3. The first-order valence-electron chi connectivity index (χ1n) is 10.8. The van der Waals surface area contributed by atoms with E-state index in [2.05, 4.69) is 21.6 Å². The van der Waals surface area contributed by atoms with Crippen molar-refractivity contribution >= 4 is 17.7 Å². The Labute approximate surface area is 170 Å². The zero-order valence-corrected chi connectivity index (χ0v) is 16.7. The monoisotopic (exact) mass is 396 g/mol. The highest BCUT2D eigenvalue weighted by Gasteiger charge is 2.40. The molecule has 4 heterocycles. The van der Waals surface area contributed by atoms with Gasteiger partial charge in [0, 0.05) is 44.2 Å². The van der Waals surface area contributed by atoms with Gasteiger partial charge in [0.15, 0.2) is 0 Å². The third kappa shape index (κ3) is 3.36. The van der Waals surface area contributed by atoms with E-state index in [1.54, 1.807) is 4.90 Å². The number of piperidine rings is 2. The van der Waals surface area contributed by atoms with Crippen molar-refractivity contribution in [1.29, 1.82) is 0 Å². The second-order valence-corrected chi connectivity index (χ2v) is 8.80. The molecule has 1 aromatic carbocycles. The van der Waals surface area contributed by atoms with Gasteiger partial charge in [-0.1, -0.05) is 18.6 Å². The van der Waals surface area contributed by atoms with Crippen molar-refractivity contribution in [2.24, 2.45) is 5.92 Å². The second kappa shape index (κ2) is 7.54. The molecule has 0 spiro atoms. The number of carbonyl (C=O) groups is 3. The summed E-state index contributed by atoms with van der Waals surface area (Å²) < 4.78 is 0. The van der Waals surface area contributed by atoms with Crippen LogP contribution in [0.1, 0.15) is 53.6 Å². The summed E-state index contributed by atoms with van der Waals surface area (Å²) in [6.45, 7) is 4.64. The van der Waals surface area contributed by atoms with Crippen LogP contribution in [0.5, 0.6) is 0 Å². The standard InChI is InChI=1S/C22H28N4O3/c27-20-8-7-19(21(28)24-20)26-13-17-14(4-3-5-16(17)22(26)29)12-25-9-2-1-6-18(25)15-10-23-11-15/h3-5,15,18-19,23H,1-2,6-13H2,(H,24,27,28). The maximum atomic E-state index is 13.0. The van der Waals surface area contributed by atoms with Crippen LogP contribution in [0.4, 0.5) is 0 Å². The van der Waals surface area contributed by atoms with Crippen LogP contribution in [0, 0.1) is 5.92 Å². The van der Waals surface area contributed by atoms with Gasteiger partial charge >= 0.3 is 0 Å². The average molecular weight is 396 g/mol. The number of hydrogen-bond acceptors (Lipinski definition) is 5. The van der Waals surface area contributed by atoms with E-state index in [1.165, 1.54) is 24.8 Å². The molecule has 3 amide bonds. The van der Waals surface area contributed by atoms with Crippen molar-refractivity contribution in [3.63, 3.8) is 0 Å². The van der Waals surface area contributed by atoms with Crippen LogP contribution in [-0.2, 0) is 22.7 Å². The van der Waals surface area contributed by atoms with E-state index in [0.29, 0.717) is 24.6 Å². The number of benzene rings is 1. The molecule has 4 aliphatic heterocycles. The minimum Gasteiger partial charge on any atom is -0.322 e. The molecule has 7 heteroatoms. The van der Waals surface area contributed by atoms with Gasteiger partial charge in [0.2, 0.25) is 11.8 Å². The lowest BCUT2D eigenvalue weighted by atomic mass is 9.86. The zero-order chi connectivity index (χ0) is 20.0. The molecule has 29 heavy (non-hydrogen) atoms. The first kappa shape index (κ1) is 18.8. The molecule has 0 saturated carbocycles. The lowest BCUT2D eigenvalue weighted by molar-refractivity contribution is -0.136. The molecule has 4 aliphatic rings. The normalized spacial score (nSPS) is 28.3. The average Bonchev–Trinajstić information content (AvgIpc) is 3.00. The fraction of sp³-hybridized carbons (Fsp3) is 0.591. The Morgan fingerprint density at radius 1 is 1.07 bits per heavy atom. The van der Waals surface area contributed by atoms with Gasteiger partial charge in [0.05, 0.1) is 0 Å². The van der Waals surface area contributed by atoms with Gasteiger partial charge in [-0.2, -0.15) is 0 Å². The van der Waals surface area contributed by atoms with Gasteiger partial charge in [0.1, 0.15) is 6.04 Å². The Hall–Kier alpha value is -2.25. The number of nitrogens with one attached hydrogen (secondary N) is 2. The minimum atomic E-state index is -0.552. The number of fused-ring (bicyclic) bond motifs is 1. The first-order valence-corrected chi connectivity index (χ1v) is 10.8. The van der Waals surface area contributed by atoms with Crippen molar-refractivity contribution in [2.45, 2.75) is 57.3 Å². The summed E-state index contributed by atoms with van der Waals surface area (Å²) in [5, 5.41) is 5.78. The van der Waals surface area contributed by atoms with Crippen LogP contribution in [0.15, 0.2) is 18.2 Å². The number of rotatable bonds is 4. The zero-order valence-electron chi connectivity index (χ0n) is 16.7. The summed E-state index contributed by atoms with van der Waals surface area (Å²) in [5.41, 5.74) is 2.97. The van der Waals surface area contributed by atoms with Crippen LogP contribution in [-0.4, -0.2) is 59.2 Å². The maximum absolute atomic E-state index is 13.0. The van der Waals surface area contributed by atoms with Gasteiger partial charge in [0.25, 0.3) is 5.91 Å². The van der Waals surface area contributed by atoms with Crippen LogP contribution in [0.2, 0.25) is 0 Å². The quantitative estimate of drug-likeness (QED) is 0.743. The molecular weight excluding hydrogens is 368 g/mol. The highest BCUT2D eigenvalue weighted by molar-refractivity contribution is 6.05. The smallest absolute Gasteiger partial charge is 0.255 e. The molecule has 0 aromatic heterocycles. The van der Waals surface area contributed by atoms with E-state index in [4.69, 9.17) is 0 Å². The molecule has 2 N–H and O–H groups in total. The van der Waals surface area contributed by atoms with Crippen LogP contribution in [0.25, 0.3) is 0 Å². The first-order chi connectivity index (χ1) is 14.1. The van der Waals surface area contributed by atoms with Crippen molar-refractivity contribution in [3.05, 3.63) is 34.9 Å². The van der Waals surface area contributed by atoms with E-state index in [9.17, 15) is 14.4 Å². The third-order valence-corrected chi connectivity index (χ3v) is 7.07. The largest absolute Gasteiger partial charge is 0.322 e. The molecule has 5 rings (SSSR count). The molecule has 154 valence electrons. The molecule has 0 bridgehead atoms. The SMILES string of the molecule is O=C1CCC(N2Cc3c(CN4CCCCC4C4CNC4)cccc3C2=O)C(=O)N1. The molecule has 3 saturated heterocycles. The Bertz CT molecular complexity index is 850. The van der Waals surface area contributed by atoms with Crippen LogP contribution in [0.3, 0.4) is 0 Å². The van der Waals surface area contributed by atoms with Gasteiger partial charge in [-0.05, 0) is 48.9 Å². The van der Waals surface area contributed by atoms with Gasteiger partial charge < -0.3 is 10.2 Å². The Balaban J connectivity index is 1.36. The van der Waals surface area contributed by atoms with E-state index >= 15 is 0 Å². The lowest BCUT2D eigenvalue weighted by Gasteiger charge is -2.44. The van der Waals surface area contributed by atoms with Crippen molar-refractivity contribution in [3.8, 4) is 0 Å². The summed E-state index contributed by atoms with van der Waals surface area (Å²) in [5.74, 6) is 0.0404. The molecular formula is C22H28N4O3. The summed E-state index contributed by atoms with van der Waals surface area (Å²) >= 11 is 0. The van der Waals surface area contributed by atoms with E-state index < -0.39 is 6.04 Å². The number of imide groups is 1. The predicted molar refractivity (Wildman–Crippen MR) is 107 cm³/mol. The highest BCUT2D eigenvalue weighted by atomic mass is 16.2. The Morgan fingerprint density at radius 3 is 2.69 bits per heavy atom. The molecule has 0 radical (unpaired) electrons. The van der Waals surface area contributed by atoms with Gasteiger partial charge in [-0.15, -0.1) is 0 Å². The summed E-state index contributed by atoms with van der Waals surface area (Å²) in [6, 6.07) is 6.03. The van der Waals surface area contributed by atoms with Crippen LogP contribution < -0.4 is 10.6 Å².